The Morgan fingerprint density at radius 1 is 1.15 bits per heavy atom. The molecule has 1 atom stereocenters. The van der Waals surface area contributed by atoms with Gasteiger partial charge in [0.1, 0.15) is 0 Å². The van der Waals surface area contributed by atoms with Crippen LogP contribution in [0.4, 0.5) is 8.78 Å². The number of rotatable bonds is 6. The second kappa shape index (κ2) is 8.76. The lowest BCUT2D eigenvalue weighted by atomic mass is 10.1. The SMILES string of the molecule is CCc1ccc([C@@H](C)NC(=O)COC(=O)c2cc(F)c(F)cc2Cl)cc1. The molecule has 0 fully saturated rings. The molecule has 0 heterocycles. The molecule has 0 aliphatic rings. The molecule has 1 N–H and O–H groups in total. The summed E-state index contributed by atoms with van der Waals surface area (Å²) in [7, 11) is 0. The lowest BCUT2D eigenvalue weighted by Crippen LogP contribution is -2.31. The normalized spacial score (nSPS) is 11.7. The van der Waals surface area contributed by atoms with Crippen LogP contribution in [0.25, 0.3) is 0 Å². The smallest absolute Gasteiger partial charge is 0.340 e. The fourth-order valence-corrected chi connectivity index (χ4v) is 2.52. The van der Waals surface area contributed by atoms with Crippen molar-refractivity contribution in [1.29, 1.82) is 0 Å². The predicted molar refractivity (Wildman–Crippen MR) is 94.0 cm³/mol. The average Bonchev–Trinajstić information content (AvgIpc) is 2.62. The number of carbonyl (C=O) groups is 2. The minimum absolute atomic E-state index is 0.279. The summed E-state index contributed by atoms with van der Waals surface area (Å²) in [6.07, 6.45) is 0.920. The molecule has 0 aliphatic carbocycles. The second-order valence-electron chi connectivity index (χ2n) is 5.71. The van der Waals surface area contributed by atoms with E-state index in [0.717, 1.165) is 12.0 Å². The van der Waals surface area contributed by atoms with Gasteiger partial charge in [0.2, 0.25) is 0 Å². The Morgan fingerprint density at radius 2 is 1.77 bits per heavy atom. The summed E-state index contributed by atoms with van der Waals surface area (Å²) < 4.78 is 31.0. The number of halogens is 3. The first kappa shape index (κ1) is 19.8. The van der Waals surface area contributed by atoms with E-state index in [0.29, 0.717) is 12.1 Å². The van der Waals surface area contributed by atoms with E-state index in [1.165, 1.54) is 5.56 Å². The molecule has 0 radical (unpaired) electrons. The Balaban J connectivity index is 1.91. The van der Waals surface area contributed by atoms with E-state index in [-0.39, 0.29) is 16.6 Å². The van der Waals surface area contributed by atoms with Gasteiger partial charge >= 0.3 is 5.97 Å². The van der Waals surface area contributed by atoms with Gasteiger partial charge in [-0.2, -0.15) is 0 Å². The largest absolute Gasteiger partial charge is 0.452 e. The predicted octanol–water partition coefficient (Wildman–Crippen LogP) is 4.21. The maximum atomic E-state index is 13.2. The number of esters is 1. The van der Waals surface area contributed by atoms with Gasteiger partial charge < -0.3 is 10.1 Å². The first-order valence-electron chi connectivity index (χ1n) is 8.01. The van der Waals surface area contributed by atoms with Gasteiger partial charge in [-0.1, -0.05) is 42.8 Å². The molecule has 2 aromatic rings. The van der Waals surface area contributed by atoms with Crippen LogP contribution in [0.5, 0.6) is 0 Å². The van der Waals surface area contributed by atoms with Crippen LogP contribution in [0.15, 0.2) is 36.4 Å². The van der Waals surface area contributed by atoms with Gasteiger partial charge in [-0.25, -0.2) is 13.6 Å². The molecule has 4 nitrogen and oxygen atoms in total. The molecule has 0 bridgehead atoms. The molecule has 0 unspecified atom stereocenters. The quantitative estimate of drug-likeness (QED) is 0.602. The molecule has 2 rings (SSSR count). The van der Waals surface area contributed by atoms with Crippen molar-refractivity contribution in [2.75, 3.05) is 6.61 Å². The molecule has 7 heteroatoms. The number of benzene rings is 2. The number of hydrogen-bond donors (Lipinski definition) is 1. The molecule has 1 amide bonds. The van der Waals surface area contributed by atoms with Crippen molar-refractivity contribution in [2.24, 2.45) is 0 Å². The standard InChI is InChI=1S/C19H18ClF2NO3/c1-3-12-4-6-13(7-5-12)11(2)23-18(24)10-26-19(25)14-8-16(21)17(22)9-15(14)20/h4-9,11H,3,10H2,1-2H3,(H,23,24)/t11-/m1/s1. The number of ether oxygens (including phenoxy) is 1. The minimum Gasteiger partial charge on any atom is -0.452 e. The lowest BCUT2D eigenvalue weighted by Gasteiger charge is -2.15. The molecule has 0 aromatic heterocycles. The third kappa shape index (κ3) is 5.02. The highest BCUT2D eigenvalue weighted by Crippen LogP contribution is 2.21. The summed E-state index contributed by atoms with van der Waals surface area (Å²) in [5, 5.41) is 2.40. The van der Waals surface area contributed by atoms with E-state index >= 15 is 0 Å². The minimum atomic E-state index is -1.23. The summed E-state index contributed by atoms with van der Waals surface area (Å²) in [5.41, 5.74) is 1.75. The summed E-state index contributed by atoms with van der Waals surface area (Å²) in [4.78, 5) is 23.8. The highest BCUT2D eigenvalue weighted by molar-refractivity contribution is 6.33. The molecule has 0 saturated heterocycles. The highest BCUT2D eigenvalue weighted by Gasteiger charge is 2.18. The number of carbonyl (C=O) groups excluding carboxylic acids is 2. The van der Waals surface area contributed by atoms with Crippen LogP contribution in [0.2, 0.25) is 5.02 Å². The summed E-state index contributed by atoms with van der Waals surface area (Å²) in [5.74, 6) is -3.93. The molecular weight excluding hydrogens is 364 g/mol. The van der Waals surface area contributed by atoms with Crippen molar-refractivity contribution in [3.05, 3.63) is 69.7 Å². The molecule has 0 aliphatic heterocycles. The zero-order valence-electron chi connectivity index (χ0n) is 14.3. The Hall–Kier alpha value is -2.47. The van der Waals surface area contributed by atoms with Gasteiger partial charge in [-0.05, 0) is 36.6 Å². The first-order chi connectivity index (χ1) is 12.3. The van der Waals surface area contributed by atoms with E-state index in [1.54, 1.807) is 6.92 Å². The Labute approximate surface area is 155 Å². The van der Waals surface area contributed by atoms with Crippen molar-refractivity contribution >= 4 is 23.5 Å². The second-order valence-corrected chi connectivity index (χ2v) is 6.11. The third-order valence-corrected chi connectivity index (χ3v) is 4.14. The fraction of sp³-hybridized carbons (Fsp3) is 0.263. The maximum Gasteiger partial charge on any atom is 0.340 e. The number of nitrogens with one attached hydrogen (secondary N) is 1. The molecular formula is C19H18ClF2NO3. The van der Waals surface area contributed by atoms with Crippen LogP contribution < -0.4 is 5.32 Å². The van der Waals surface area contributed by atoms with E-state index in [9.17, 15) is 18.4 Å². The lowest BCUT2D eigenvalue weighted by molar-refractivity contribution is -0.124. The van der Waals surface area contributed by atoms with Gasteiger partial charge in [0, 0.05) is 0 Å². The van der Waals surface area contributed by atoms with Crippen LogP contribution in [0, 0.1) is 11.6 Å². The van der Waals surface area contributed by atoms with Crippen LogP contribution in [0.3, 0.4) is 0 Å². The molecule has 2 aromatic carbocycles. The maximum absolute atomic E-state index is 13.2. The molecule has 138 valence electrons. The van der Waals surface area contributed by atoms with E-state index < -0.39 is 30.1 Å². The van der Waals surface area contributed by atoms with Gasteiger partial charge in [0.15, 0.2) is 18.2 Å². The van der Waals surface area contributed by atoms with E-state index in [4.69, 9.17) is 16.3 Å². The highest BCUT2D eigenvalue weighted by atomic mass is 35.5. The average molecular weight is 382 g/mol. The third-order valence-electron chi connectivity index (χ3n) is 3.83. The zero-order chi connectivity index (χ0) is 19.3. The van der Waals surface area contributed by atoms with Crippen molar-refractivity contribution in [2.45, 2.75) is 26.3 Å². The number of amides is 1. The first-order valence-corrected chi connectivity index (χ1v) is 8.39. The van der Waals surface area contributed by atoms with Crippen LogP contribution >= 0.6 is 11.6 Å². The Kier molecular flexibility index (Phi) is 6.69. The van der Waals surface area contributed by atoms with Crippen molar-refractivity contribution in [3.63, 3.8) is 0 Å². The van der Waals surface area contributed by atoms with Crippen molar-refractivity contribution in [1.82, 2.24) is 5.32 Å². The summed E-state index contributed by atoms with van der Waals surface area (Å²) in [6, 6.07) is 8.81. The molecule has 0 saturated carbocycles. The topological polar surface area (TPSA) is 55.4 Å². The monoisotopic (exact) mass is 381 g/mol. The van der Waals surface area contributed by atoms with Gasteiger partial charge in [0.05, 0.1) is 16.6 Å². The van der Waals surface area contributed by atoms with Gasteiger partial charge in [-0.3, -0.25) is 4.79 Å². The van der Waals surface area contributed by atoms with Crippen LogP contribution in [0.1, 0.15) is 41.4 Å². The molecule has 0 spiro atoms. The fourth-order valence-electron chi connectivity index (χ4n) is 2.30. The molecule has 26 heavy (non-hydrogen) atoms. The van der Waals surface area contributed by atoms with E-state index in [1.807, 2.05) is 31.2 Å². The Morgan fingerprint density at radius 3 is 2.38 bits per heavy atom. The van der Waals surface area contributed by atoms with Crippen molar-refractivity contribution < 1.29 is 23.1 Å². The number of aryl methyl sites for hydroxylation is 1. The zero-order valence-corrected chi connectivity index (χ0v) is 15.1. The summed E-state index contributed by atoms with van der Waals surface area (Å²) in [6.45, 7) is 3.28. The Bertz CT molecular complexity index is 809. The van der Waals surface area contributed by atoms with Crippen LogP contribution in [-0.4, -0.2) is 18.5 Å². The van der Waals surface area contributed by atoms with Gasteiger partial charge in [-0.15, -0.1) is 0 Å². The summed E-state index contributed by atoms with van der Waals surface area (Å²) >= 11 is 5.69. The van der Waals surface area contributed by atoms with E-state index in [2.05, 4.69) is 5.32 Å². The van der Waals surface area contributed by atoms with Crippen LogP contribution in [-0.2, 0) is 16.0 Å². The van der Waals surface area contributed by atoms with Crippen molar-refractivity contribution in [3.8, 4) is 0 Å². The number of hydrogen-bond acceptors (Lipinski definition) is 3. The van der Waals surface area contributed by atoms with Gasteiger partial charge in [0.25, 0.3) is 5.91 Å².